The van der Waals surface area contributed by atoms with E-state index in [2.05, 4.69) is 43.9 Å². The number of halogens is 1. The molecular formula is C22H26FNO. The van der Waals surface area contributed by atoms with Crippen LogP contribution in [0, 0.1) is 12.7 Å². The lowest BCUT2D eigenvalue weighted by atomic mass is 9.76. The van der Waals surface area contributed by atoms with Crippen molar-refractivity contribution in [3.8, 4) is 5.75 Å². The number of nitrogens with zero attached hydrogens (tertiary/aromatic N) is 1. The van der Waals surface area contributed by atoms with E-state index >= 15 is 0 Å². The van der Waals surface area contributed by atoms with E-state index in [4.69, 9.17) is 4.74 Å². The third-order valence-corrected chi connectivity index (χ3v) is 5.35. The molecule has 0 N–H and O–H groups in total. The zero-order chi connectivity index (χ0) is 18.2. The van der Waals surface area contributed by atoms with Gasteiger partial charge in [-0.05, 0) is 69.0 Å². The van der Waals surface area contributed by atoms with E-state index in [1.54, 1.807) is 7.11 Å². The molecule has 3 rings (SSSR count). The van der Waals surface area contributed by atoms with Gasteiger partial charge in [-0.2, -0.15) is 0 Å². The van der Waals surface area contributed by atoms with Gasteiger partial charge in [-0.25, -0.2) is 4.39 Å². The first-order valence-electron chi connectivity index (χ1n) is 8.83. The van der Waals surface area contributed by atoms with Crippen LogP contribution in [0.25, 0.3) is 0 Å². The Morgan fingerprint density at radius 1 is 1.24 bits per heavy atom. The average molecular weight is 339 g/mol. The van der Waals surface area contributed by atoms with E-state index < -0.39 is 0 Å². The quantitative estimate of drug-likeness (QED) is 0.741. The van der Waals surface area contributed by atoms with Crippen LogP contribution in [-0.4, -0.2) is 13.7 Å². The van der Waals surface area contributed by atoms with Gasteiger partial charge in [0.2, 0.25) is 0 Å². The van der Waals surface area contributed by atoms with E-state index in [1.807, 2.05) is 31.2 Å². The van der Waals surface area contributed by atoms with Crippen LogP contribution in [0.1, 0.15) is 37.5 Å². The summed E-state index contributed by atoms with van der Waals surface area (Å²) < 4.78 is 20.2. The Labute approximate surface area is 149 Å². The van der Waals surface area contributed by atoms with Crippen LogP contribution in [0.4, 0.5) is 10.1 Å². The average Bonchev–Trinajstić information content (AvgIpc) is 2.86. The summed E-state index contributed by atoms with van der Waals surface area (Å²) in [6.07, 6.45) is 2.78. The summed E-state index contributed by atoms with van der Waals surface area (Å²) in [6, 6.07) is 11.9. The van der Waals surface area contributed by atoms with E-state index in [9.17, 15) is 4.39 Å². The number of aryl methyl sites for hydroxylation is 1. The minimum Gasteiger partial charge on any atom is -0.497 e. The van der Waals surface area contributed by atoms with Crippen LogP contribution in [0.15, 0.2) is 48.2 Å². The second kappa shape index (κ2) is 6.55. The van der Waals surface area contributed by atoms with Gasteiger partial charge in [-0.1, -0.05) is 24.3 Å². The number of allylic oxidation sites excluding steroid dienone is 2. The van der Waals surface area contributed by atoms with Crippen molar-refractivity contribution in [1.29, 1.82) is 0 Å². The summed E-state index contributed by atoms with van der Waals surface area (Å²) in [5, 5.41) is 0. The maximum atomic E-state index is 14.7. The number of methoxy groups -OCH3 is 1. The Morgan fingerprint density at radius 3 is 2.64 bits per heavy atom. The molecule has 0 radical (unpaired) electrons. The summed E-state index contributed by atoms with van der Waals surface area (Å²) in [4.78, 5) is 2.32. The van der Waals surface area contributed by atoms with Crippen LogP contribution >= 0.6 is 0 Å². The molecule has 1 atom stereocenters. The van der Waals surface area contributed by atoms with Gasteiger partial charge in [0, 0.05) is 23.3 Å². The Morgan fingerprint density at radius 2 is 2.00 bits per heavy atom. The summed E-state index contributed by atoms with van der Waals surface area (Å²) in [5.41, 5.74) is 4.77. The van der Waals surface area contributed by atoms with Crippen LogP contribution in [0.2, 0.25) is 0 Å². The van der Waals surface area contributed by atoms with E-state index in [-0.39, 0.29) is 11.2 Å². The van der Waals surface area contributed by atoms with Crippen molar-refractivity contribution in [3.63, 3.8) is 0 Å². The fourth-order valence-corrected chi connectivity index (χ4v) is 4.11. The smallest absolute Gasteiger partial charge is 0.129 e. The van der Waals surface area contributed by atoms with E-state index in [0.717, 1.165) is 17.9 Å². The molecule has 0 aromatic heterocycles. The topological polar surface area (TPSA) is 12.5 Å². The van der Waals surface area contributed by atoms with Crippen LogP contribution in [0.3, 0.4) is 0 Å². The third-order valence-electron chi connectivity index (χ3n) is 5.35. The maximum absolute atomic E-state index is 14.7. The molecule has 1 heterocycles. The van der Waals surface area contributed by atoms with Gasteiger partial charge in [-0.3, -0.25) is 0 Å². The molecule has 0 fully saturated rings. The number of likely N-dealkylation sites (N-methyl/N-ethyl adjacent to an activating group) is 1. The molecule has 0 amide bonds. The molecule has 2 aromatic carbocycles. The molecule has 3 heteroatoms. The lowest BCUT2D eigenvalue weighted by molar-refractivity contribution is 0.413. The highest BCUT2D eigenvalue weighted by atomic mass is 19.1. The zero-order valence-electron chi connectivity index (χ0n) is 15.7. The van der Waals surface area contributed by atoms with Crippen LogP contribution < -0.4 is 9.64 Å². The minimum absolute atomic E-state index is 0.0985. The number of benzene rings is 2. The Bertz CT molecular complexity index is 827. The minimum atomic E-state index is -0.288. The standard InChI is InChI=1S/C22H26FNO/c1-6-20-22(4,14-16-10-8-9-15(3)21(16)23)18-13-17(25-5)11-12-19(18)24(20)7-2/h6,8-13H,7,14H2,1-5H3/b20-6-. The molecule has 132 valence electrons. The molecule has 0 saturated heterocycles. The molecule has 2 aromatic rings. The fourth-order valence-electron chi connectivity index (χ4n) is 4.11. The van der Waals surface area contributed by atoms with Gasteiger partial charge in [0.05, 0.1) is 7.11 Å². The summed E-state index contributed by atoms with van der Waals surface area (Å²) >= 11 is 0. The number of hydrogen-bond acceptors (Lipinski definition) is 2. The van der Waals surface area contributed by atoms with Crippen molar-refractivity contribution in [2.24, 2.45) is 0 Å². The number of rotatable bonds is 4. The largest absolute Gasteiger partial charge is 0.497 e. The number of fused-ring (bicyclic) bond motifs is 1. The predicted octanol–water partition coefficient (Wildman–Crippen LogP) is 5.39. The lowest BCUT2D eigenvalue weighted by Crippen LogP contribution is -2.30. The summed E-state index contributed by atoms with van der Waals surface area (Å²) in [6.45, 7) is 9.12. The Kier molecular flexibility index (Phi) is 4.59. The molecule has 0 spiro atoms. The molecule has 1 unspecified atom stereocenters. The normalized spacial score (nSPS) is 20.9. The third kappa shape index (κ3) is 2.72. The van der Waals surface area contributed by atoms with Gasteiger partial charge in [0.15, 0.2) is 0 Å². The summed E-state index contributed by atoms with van der Waals surface area (Å²) in [7, 11) is 1.68. The number of hydrogen-bond donors (Lipinski definition) is 0. The zero-order valence-corrected chi connectivity index (χ0v) is 15.7. The van der Waals surface area contributed by atoms with Crippen LogP contribution in [-0.2, 0) is 11.8 Å². The fraction of sp³-hybridized carbons (Fsp3) is 0.364. The summed E-state index contributed by atoms with van der Waals surface area (Å²) in [5.74, 6) is 0.738. The monoisotopic (exact) mass is 339 g/mol. The Hall–Kier alpha value is -2.29. The van der Waals surface area contributed by atoms with Gasteiger partial charge in [0.1, 0.15) is 11.6 Å². The molecule has 25 heavy (non-hydrogen) atoms. The molecule has 2 nitrogen and oxygen atoms in total. The SMILES string of the molecule is C/C=C1\N(CC)c2ccc(OC)cc2C1(C)Cc1cccc(C)c1F. The van der Waals surface area contributed by atoms with Crippen molar-refractivity contribution >= 4 is 5.69 Å². The van der Waals surface area contributed by atoms with Crippen molar-refractivity contribution < 1.29 is 9.13 Å². The maximum Gasteiger partial charge on any atom is 0.129 e. The van der Waals surface area contributed by atoms with Crippen molar-refractivity contribution in [1.82, 2.24) is 0 Å². The molecule has 0 saturated carbocycles. The predicted molar refractivity (Wildman–Crippen MR) is 102 cm³/mol. The van der Waals surface area contributed by atoms with Gasteiger partial charge >= 0.3 is 0 Å². The number of anilines is 1. The lowest BCUT2D eigenvalue weighted by Gasteiger charge is -2.30. The van der Waals surface area contributed by atoms with Crippen LogP contribution in [0.5, 0.6) is 5.75 Å². The molecule has 0 aliphatic carbocycles. The van der Waals surface area contributed by atoms with Crippen molar-refractivity contribution in [2.45, 2.75) is 39.5 Å². The van der Waals surface area contributed by atoms with Crippen molar-refractivity contribution in [2.75, 3.05) is 18.6 Å². The van der Waals surface area contributed by atoms with Gasteiger partial charge < -0.3 is 9.64 Å². The molecule has 1 aliphatic heterocycles. The highest BCUT2D eigenvalue weighted by molar-refractivity contribution is 5.72. The van der Waals surface area contributed by atoms with Gasteiger partial charge in [-0.15, -0.1) is 0 Å². The second-order valence-corrected chi connectivity index (χ2v) is 6.86. The van der Waals surface area contributed by atoms with Gasteiger partial charge in [0.25, 0.3) is 0 Å². The molecule has 0 bridgehead atoms. The Balaban J connectivity index is 2.17. The first kappa shape index (κ1) is 17.5. The highest BCUT2D eigenvalue weighted by Crippen LogP contribution is 2.50. The molecular weight excluding hydrogens is 313 g/mol. The number of ether oxygens (including phenoxy) is 1. The second-order valence-electron chi connectivity index (χ2n) is 6.86. The first-order valence-corrected chi connectivity index (χ1v) is 8.83. The first-order chi connectivity index (χ1) is 12.0. The van der Waals surface area contributed by atoms with E-state index in [1.165, 1.54) is 16.9 Å². The van der Waals surface area contributed by atoms with Crippen molar-refractivity contribution in [3.05, 3.63) is 70.7 Å². The highest BCUT2D eigenvalue weighted by Gasteiger charge is 2.43. The van der Waals surface area contributed by atoms with E-state index in [0.29, 0.717) is 12.0 Å². The molecule has 1 aliphatic rings.